The van der Waals surface area contributed by atoms with Gasteiger partial charge in [-0.3, -0.25) is 9.59 Å². The summed E-state index contributed by atoms with van der Waals surface area (Å²) < 4.78 is 0. The molecule has 4 heteroatoms. The topological polar surface area (TPSA) is 86.2 Å². The Labute approximate surface area is 72.3 Å². The van der Waals surface area contributed by atoms with E-state index in [1.807, 2.05) is 0 Å². The first-order valence-corrected chi connectivity index (χ1v) is 3.74. The summed E-state index contributed by atoms with van der Waals surface area (Å²) in [6, 6.07) is 0. The summed E-state index contributed by atoms with van der Waals surface area (Å²) in [5, 5.41) is 0. The van der Waals surface area contributed by atoms with Crippen molar-refractivity contribution in [3.05, 3.63) is 0 Å². The number of ketones is 1. The Bertz CT molecular complexity index is 202. The molecule has 0 spiro atoms. The maximum atomic E-state index is 11.1. The van der Waals surface area contributed by atoms with Crippen LogP contribution in [-0.4, -0.2) is 17.2 Å². The molecule has 0 saturated carbocycles. The SMILES string of the molecule is CC(=O)C(N)(C(N)=O)C(C)(C)C. The zero-order valence-corrected chi connectivity index (χ0v) is 7.97. The van der Waals surface area contributed by atoms with Gasteiger partial charge in [0, 0.05) is 0 Å². The van der Waals surface area contributed by atoms with Gasteiger partial charge in [-0.2, -0.15) is 0 Å². The van der Waals surface area contributed by atoms with Gasteiger partial charge in [0.25, 0.3) is 0 Å². The van der Waals surface area contributed by atoms with E-state index in [1.165, 1.54) is 6.92 Å². The predicted molar refractivity (Wildman–Crippen MR) is 46.2 cm³/mol. The first-order valence-electron chi connectivity index (χ1n) is 3.74. The molecule has 4 nitrogen and oxygen atoms in total. The Balaban J connectivity index is 5.17. The van der Waals surface area contributed by atoms with Crippen LogP contribution < -0.4 is 11.5 Å². The van der Waals surface area contributed by atoms with Crippen LogP contribution in [0.2, 0.25) is 0 Å². The summed E-state index contributed by atoms with van der Waals surface area (Å²) in [6.07, 6.45) is 0. The number of primary amides is 1. The monoisotopic (exact) mass is 172 g/mol. The van der Waals surface area contributed by atoms with Crippen molar-refractivity contribution < 1.29 is 9.59 Å². The molecule has 0 aliphatic rings. The van der Waals surface area contributed by atoms with Crippen LogP contribution in [0.3, 0.4) is 0 Å². The Morgan fingerprint density at radius 2 is 1.50 bits per heavy atom. The lowest BCUT2D eigenvalue weighted by Gasteiger charge is -2.36. The second-order valence-electron chi connectivity index (χ2n) is 3.98. The molecule has 0 aromatic heterocycles. The molecule has 12 heavy (non-hydrogen) atoms. The normalized spacial score (nSPS) is 16.8. The summed E-state index contributed by atoms with van der Waals surface area (Å²) in [4.78, 5) is 22.1. The molecule has 0 radical (unpaired) electrons. The molecule has 0 aliphatic carbocycles. The van der Waals surface area contributed by atoms with Crippen molar-refractivity contribution in [1.29, 1.82) is 0 Å². The third-order valence-corrected chi connectivity index (χ3v) is 2.13. The molecule has 0 saturated heterocycles. The number of carbonyl (C=O) groups excluding carboxylic acids is 2. The Morgan fingerprint density at radius 1 is 1.17 bits per heavy atom. The van der Waals surface area contributed by atoms with Crippen molar-refractivity contribution in [1.82, 2.24) is 0 Å². The van der Waals surface area contributed by atoms with Crippen molar-refractivity contribution in [2.75, 3.05) is 0 Å². The molecular formula is C8H16N2O2. The van der Waals surface area contributed by atoms with Gasteiger partial charge in [-0.05, 0) is 12.3 Å². The first kappa shape index (κ1) is 11.1. The van der Waals surface area contributed by atoms with Gasteiger partial charge in [0.05, 0.1) is 0 Å². The summed E-state index contributed by atoms with van der Waals surface area (Å²) in [5.74, 6) is -1.18. The minimum Gasteiger partial charge on any atom is -0.368 e. The van der Waals surface area contributed by atoms with Crippen molar-refractivity contribution in [3.63, 3.8) is 0 Å². The van der Waals surface area contributed by atoms with Crippen LogP contribution in [0.15, 0.2) is 0 Å². The number of Topliss-reactive ketones (excluding diaryl/α,β-unsaturated/α-hetero) is 1. The number of hydrogen-bond acceptors (Lipinski definition) is 3. The lowest BCUT2D eigenvalue weighted by atomic mass is 9.71. The van der Waals surface area contributed by atoms with Crippen LogP contribution >= 0.6 is 0 Å². The second-order valence-corrected chi connectivity index (χ2v) is 3.98. The van der Waals surface area contributed by atoms with Crippen LogP contribution in [0, 0.1) is 5.41 Å². The van der Waals surface area contributed by atoms with E-state index in [4.69, 9.17) is 11.5 Å². The maximum Gasteiger partial charge on any atom is 0.245 e. The smallest absolute Gasteiger partial charge is 0.245 e. The summed E-state index contributed by atoms with van der Waals surface area (Å²) >= 11 is 0. The van der Waals surface area contributed by atoms with Gasteiger partial charge >= 0.3 is 0 Å². The molecule has 0 aromatic carbocycles. The summed E-state index contributed by atoms with van der Waals surface area (Å²) in [7, 11) is 0. The highest BCUT2D eigenvalue weighted by atomic mass is 16.2. The van der Waals surface area contributed by atoms with Crippen molar-refractivity contribution in [2.45, 2.75) is 33.2 Å². The average Bonchev–Trinajstić information content (AvgIpc) is 1.82. The first-order chi connectivity index (χ1) is 5.14. The predicted octanol–water partition coefficient (Wildman–Crippen LogP) is -0.196. The third kappa shape index (κ3) is 1.48. The fraction of sp³-hybridized carbons (Fsp3) is 0.750. The Hall–Kier alpha value is -0.900. The van der Waals surface area contributed by atoms with Crippen LogP contribution in [0.25, 0.3) is 0 Å². The maximum absolute atomic E-state index is 11.1. The Kier molecular flexibility index (Phi) is 2.65. The molecule has 0 aliphatic heterocycles. The van der Waals surface area contributed by atoms with E-state index >= 15 is 0 Å². The van der Waals surface area contributed by atoms with Crippen molar-refractivity contribution in [3.8, 4) is 0 Å². The lowest BCUT2D eigenvalue weighted by molar-refractivity contribution is -0.137. The fourth-order valence-corrected chi connectivity index (χ4v) is 1.07. The highest BCUT2D eigenvalue weighted by Gasteiger charge is 2.47. The highest BCUT2D eigenvalue weighted by Crippen LogP contribution is 2.28. The van der Waals surface area contributed by atoms with Crippen LogP contribution in [-0.2, 0) is 9.59 Å². The molecule has 1 unspecified atom stereocenters. The largest absolute Gasteiger partial charge is 0.368 e. The van der Waals surface area contributed by atoms with Crippen LogP contribution in [0.4, 0.5) is 0 Å². The minimum absolute atomic E-state index is 0.400. The van der Waals surface area contributed by atoms with Crippen LogP contribution in [0.1, 0.15) is 27.7 Å². The number of hydrogen-bond donors (Lipinski definition) is 2. The van der Waals surface area contributed by atoms with Gasteiger partial charge in [-0.15, -0.1) is 0 Å². The van der Waals surface area contributed by atoms with E-state index < -0.39 is 22.6 Å². The van der Waals surface area contributed by atoms with Gasteiger partial charge < -0.3 is 11.5 Å². The molecule has 0 heterocycles. The quantitative estimate of drug-likeness (QED) is 0.566. The van der Waals surface area contributed by atoms with Crippen molar-refractivity contribution >= 4 is 11.7 Å². The average molecular weight is 172 g/mol. The Morgan fingerprint density at radius 3 is 1.50 bits per heavy atom. The van der Waals surface area contributed by atoms with E-state index in [0.717, 1.165) is 0 Å². The standard InChI is InChI=1S/C8H16N2O2/c1-5(11)8(10,6(9)12)7(2,3)4/h10H2,1-4H3,(H2,9,12). The van der Waals surface area contributed by atoms with Crippen LogP contribution in [0.5, 0.6) is 0 Å². The van der Waals surface area contributed by atoms with E-state index in [9.17, 15) is 9.59 Å². The van der Waals surface area contributed by atoms with Gasteiger partial charge in [-0.1, -0.05) is 20.8 Å². The van der Waals surface area contributed by atoms with Gasteiger partial charge in [-0.25, -0.2) is 0 Å². The molecular weight excluding hydrogens is 156 g/mol. The molecule has 0 bridgehead atoms. The molecule has 4 N–H and O–H groups in total. The lowest BCUT2D eigenvalue weighted by Crippen LogP contribution is -2.65. The zero-order valence-electron chi connectivity index (χ0n) is 7.97. The highest BCUT2D eigenvalue weighted by molar-refractivity contribution is 6.09. The third-order valence-electron chi connectivity index (χ3n) is 2.13. The van der Waals surface area contributed by atoms with E-state index in [0.29, 0.717) is 0 Å². The summed E-state index contributed by atoms with van der Waals surface area (Å²) in [6.45, 7) is 6.40. The number of carbonyl (C=O) groups is 2. The number of nitrogens with two attached hydrogens (primary N) is 2. The number of rotatable bonds is 2. The molecule has 0 rings (SSSR count). The molecule has 0 fully saturated rings. The molecule has 1 atom stereocenters. The molecule has 70 valence electrons. The number of amides is 1. The van der Waals surface area contributed by atoms with Crippen molar-refractivity contribution in [2.24, 2.45) is 16.9 Å². The van der Waals surface area contributed by atoms with E-state index in [1.54, 1.807) is 20.8 Å². The zero-order chi connectivity index (χ0) is 10.2. The van der Waals surface area contributed by atoms with E-state index in [-0.39, 0.29) is 0 Å². The fourth-order valence-electron chi connectivity index (χ4n) is 1.07. The van der Waals surface area contributed by atoms with Gasteiger partial charge in [0.1, 0.15) is 0 Å². The molecule has 1 amide bonds. The second kappa shape index (κ2) is 2.86. The minimum atomic E-state index is -1.56. The summed E-state index contributed by atoms with van der Waals surface area (Å²) in [5.41, 5.74) is 8.50. The van der Waals surface area contributed by atoms with Gasteiger partial charge in [0.15, 0.2) is 11.3 Å². The van der Waals surface area contributed by atoms with E-state index in [2.05, 4.69) is 0 Å². The molecule has 0 aromatic rings. The van der Waals surface area contributed by atoms with Gasteiger partial charge in [0.2, 0.25) is 5.91 Å².